The molecule has 0 saturated carbocycles. The van der Waals surface area contributed by atoms with Gasteiger partial charge in [-0.15, -0.1) is 0 Å². The summed E-state index contributed by atoms with van der Waals surface area (Å²) in [6.07, 6.45) is 1.25. The van der Waals surface area contributed by atoms with Crippen molar-refractivity contribution in [2.75, 3.05) is 18.4 Å². The highest BCUT2D eigenvalue weighted by Gasteiger charge is 2.42. The number of hydrogen-bond donors (Lipinski definition) is 3. The van der Waals surface area contributed by atoms with E-state index in [9.17, 15) is 14.3 Å². The molecule has 1 aliphatic heterocycles. The fourth-order valence-corrected chi connectivity index (χ4v) is 4.46. The van der Waals surface area contributed by atoms with Gasteiger partial charge in [0.2, 0.25) is 0 Å². The lowest BCUT2D eigenvalue weighted by molar-refractivity contribution is -0.152. The molecule has 3 heterocycles. The molecule has 1 aliphatic rings. The van der Waals surface area contributed by atoms with E-state index in [-0.39, 0.29) is 5.02 Å². The van der Waals surface area contributed by atoms with Crippen LogP contribution in [-0.2, 0) is 17.8 Å². The molecule has 0 bridgehead atoms. The number of aryl methyl sites for hydroxylation is 2. The number of carboxylic acid groups (broad SMARTS) is 1. The minimum Gasteiger partial charge on any atom is -0.481 e. The summed E-state index contributed by atoms with van der Waals surface area (Å²) in [7, 11) is 0. The molecule has 0 aliphatic carbocycles. The summed E-state index contributed by atoms with van der Waals surface area (Å²) in [5, 5.41) is 20.5. The minimum absolute atomic E-state index is 0.101. The van der Waals surface area contributed by atoms with Crippen molar-refractivity contribution in [2.45, 2.75) is 39.7 Å². The Morgan fingerprint density at radius 3 is 2.70 bits per heavy atom. The van der Waals surface area contributed by atoms with E-state index >= 15 is 0 Å². The second-order valence-electron chi connectivity index (χ2n) is 8.78. The first-order valence-corrected chi connectivity index (χ1v) is 11.3. The van der Waals surface area contributed by atoms with Crippen LogP contribution in [0.1, 0.15) is 35.4 Å². The Hall–Kier alpha value is -2.97. The number of hydrogen-bond acceptors (Lipinski definition) is 5. The monoisotopic (exact) mass is 471 g/mol. The van der Waals surface area contributed by atoms with E-state index in [0.29, 0.717) is 61.8 Å². The molecule has 0 amide bonds. The van der Waals surface area contributed by atoms with Gasteiger partial charge >= 0.3 is 5.97 Å². The average molecular weight is 472 g/mol. The second-order valence-corrected chi connectivity index (χ2v) is 9.19. The smallest absolute Gasteiger partial charge is 0.310 e. The van der Waals surface area contributed by atoms with Crippen molar-refractivity contribution in [1.82, 2.24) is 20.1 Å². The van der Waals surface area contributed by atoms with Crippen LogP contribution in [0.3, 0.4) is 0 Å². The SMILES string of the molecule is Cc1cc(Nc2nc(CC3(C(=O)O)CCN(Cc4cccc(Cl)c4F)CC3)ccc2C)n[nH]1. The molecule has 0 spiro atoms. The molecule has 3 N–H and O–H groups in total. The number of likely N-dealkylation sites (tertiary alicyclic amines) is 1. The van der Waals surface area contributed by atoms with Crippen molar-refractivity contribution in [2.24, 2.45) is 5.41 Å². The molecular formula is C24H27ClFN5O2. The van der Waals surface area contributed by atoms with Crippen LogP contribution in [0.4, 0.5) is 16.0 Å². The fourth-order valence-electron chi connectivity index (χ4n) is 4.26. The Morgan fingerprint density at radius 2 is 2.03 bits per heavy atom. The lowest BCUT2D eigenvalue weighted by atomic mass is 9.74. The normalized spacial score (nSPS) is 16.0. The quantitative estimate of drug-likeness (QED) is 0.455. The van der Waals surface area contributed by atoms with Crippen molar-refractivity contribution < 1.29 is 14.3 Å². The number of H-pyrrole nitrogens is 1. The van der Waals surface area contributed by atoms with Crippen LogP contribution in [-0.4, -0.2) is 44.2 Å². The third-order valence-electron chi connectivity index (χ3n) is 6.32. The van der Waals surface area contributed by atoms with Crippen LogP contribution < -0.4 is 5.32 Å². The van der Waals surface area contributed by atoms with Gasteiger partial charge in [-0.05, 0) is 57.5 Å². The maximum atomic E-state index is 14.3. The van der Waals surface area contributed by atoms with Crippen LogP contribution in [0.5, 0.6) is 0 Å². The number of aromatic amines is 1. The van der Waals surface area contributed by atoms with E-state index in [1.807, 2.05) is 32.0 Å². The zero-order valence-corrected chi connectivity index (χ0v) is 19.4. The molecule has 1 fully saturated rings. The first kappa shape index (κ1) is 23.2. The van der Waals surface area contributed by atoms with E-state index in [2.05, 4.69) is 20.4 Å². The Bertz CT molecular complexity index is 1160. The van der Waals surface area contributed by atoms with Gasteiger partial charge in [0.15, 0.2) is 5.82 Å². The number of nitrogens with one attached hydrogen (secondary N) is 2. The number of aromatic nitrogens is 3. The summed E-state index contributed by atoms with van der Waals surface area (Å²) >= 11 is 5.90. The van der Waals surface area contributed by atoms with E-state index in [4.69, 9.17) is 16.6 Å². The van der Waals surface area contributed by atoms with Crippen LogP contribution >= 0.6 is 11.6 Å². The number of carbonyl (C=O) groups is 1. The number of halogens is 2. The third kappa shape index (κ3) is 5.17. The summed E-state index contributed by atoms with van der Waals surface area (Å²) in [6, 6.07) is 10.7. The summed E-state index contributed by atoms with van der Waals surface area (Å²) in [4.78, 5) is 19.1. The largest absolute Gasteiger partial charge is 0.481 e. The summed E-state index contributed by atoms with van der Waals surface area (Å²) < 4.78 is 14.3. The van der Waals surface area contributed by atoms with Crippen molar-refractivity contribution in [3.63, 3.8) is 0 Å². The number of nitrogens with zero attached hydrogens (tertiary/aromatic N) is 3. The maximum absolute atomic E-state index is 14.3. The zero-order chi connectivity index (χ0) is 23.6. The summed E-state index contributed by atoms with van der Waals surface area (Å²) in [6.45, 7) is 5.38. The van der Waals surface area contributed by atoms with Crippen LogP contribution in [0, 0.1) is 25.1 Å². The molecular weight excluding hydrogens is 445 g/mol. The molecule has 0 unspecified atom stereocenters. The standard InChI is InChI=1S/C24H27ClFN5O2/c1-15-6-7-18(27-22(15)28-20-12-16(2)29-30-20)13-24(23(32)33)8-10-31(11-9-24)14-17-4-3-5-19(25)21(17)26/h3-7,12H,8-11,13-14H2,1-2H3,(H,32,33)(H2,27,28,29,30). The van der Waals surface area contributed by atoms with E-state index in [1.54, 1.807) is 12.1 Å². The van der Waals surface area contributed by atoms with Crippen LogP contribution in [0.15, 0.2) is 36.4 Å². The lowest BCUT2D eigenvalue weighted by Gasteiger charge is -2.39. The molecule has 2 aromatic heterocycles. The molecule has 0 radical (unpaired) electrons. The van der Waals surface area contributed by atoms with Crippen molar-refractivity contribution in [3.8, 4) is 0 Å². The van der Waals surface area contributed by atoms with Gasteiger partial charge in [0.25, 0.3) is 0 Å². The maximum Gasteiger partial charge on any atom is 0.310 e. The number of carboxylic acids is 1. The second kappa shape index (κ2) is 9.49. The van der Waals surface area contributed by atoms with Crippen molar-refractivity contribution in [1.29, 1.82) is 0 Å². The topological polar surface area (TPSA) is 94.1 Å². The first-order valence-electron chi connectivity index (χ1n) is 10.9. The van der Waals surface area contributed by atoms with Crippen LogP contribution in [0.2, 0.25) is 5.02 Å². The van der Waals surface area contributed by atoms with Crippen molar-refractivity contribution >= 4 is 29.2 Å². The Morgan fingerprint density at radius 1 is 1.27 bits per heavy atom. The third-order valence-corrected chi connectivity index (χ3v) is 6.61. The number of anilines is 2. The molecule has 33 heavy (non-hydrogen) atoms. The summed E-state index contributed by atoms with van der Waals surface area (Å²) in [5.74, 6) is 0.0873. The van der Waals surface area contributed by atoms with Gasteiger partial charge < -0.3 is 10.4 Å². The van der Waals surface area contributed by atoms with Crippen LogP contribution in [0.25, 0.3) is 0 Å². The predicted molar refractivity (Wildman–Crippen MR) is 125 cm³/mol. The molecule has 174 valence electrons. The molecule has 0 atom stereocenters. The fraction of sp³-hybridized carbons (Fsp3) is 0.375. The highest BCUT2D eigenvalue weighted by molar-refractivity contribution is 6.30. The molecule has 9 heteroatoms. The number of piperidine rings is 1. The molecule has 3 aromatic rings. The van der Waals surface area contributed by atoms with Gasteiger partial charge in [0.1, 0.15) is 11.6 Å². The van der Waals surface area contributed by atoms with Gasteiger partial charge in [0, 0.05) is 36.0 Å². The van der Waals surface area contributed by atoms with E-state index in [0.717, 1.165) is 11.3 Å². The van der Waals surface area contributed by atoms with Gasteiger partial charge in [-0.3, -0.25) is 14.8 Å². The molecule has 1 aromatic carbocycles. The van der Waals surface area contributed by atoms with E-state index in [1.165, 1.54) is 6.07 Å². The van der Waals surface area contributed by atoms with Gasteiger partial charge in [0.05, 0.1) is 10.4 Å². The average Bonchev–Trinajstić information content (AvgIpc) is 3.19. The number of benzene rings is 1. The summed E-state index contributed by atoms with van der Waals surface area (Å²) in [5.41, 5.74) is 2.20. The Labute approximate surface area is 197 Å². The predicted octanol–water partition coefficient (Wildman–Crippen LogP) is 4.87. The highest BCUT2D eigenvalue weighted by Crippen LogP contribution is 2.36. The lowest BCUT2D eigenvalue weighted by Crippen LogP contribution is -2.45. The van der Waals surface area contributed by atoms with E-state index < -0.39 is 17.2 Å². The van der Waals surface area contributed by atoms with Gasteiger partial charge in [-0.1, -0.05) is 29.8 Å². The molecule has 4 rings (SSSR count). The molecule has 1 saturated heterocycles. The Kier molecular flexibility index (Phi) is 6.67. The van der Waals surface area contributed by atoms with Gasteiger partial charge in [-0.2, -0.15) is 5.10 Å². The minimum atomic E-state index is -0.911. The van der Waals surface area contributed by atoms with Crippen molar-refractivity contribution in [3.05, 3.63) is 69.8 Å². The van der Waals surface area contributed by atoms with Gasteiger partial charge in [-0.25, -0.2) is 9.37 Å². The Balaban J connectivity index is 1.46. The number of pyridine rings is 1. The number of rotatable bonds is 7. The molecule has 7 nitrogen and oxygen atoms in total. The first-order chi connectivity index (χ1) is 15.8. The number of aliphatic carboxylic acids is 1. The zero-order valence-electron chi connectivity index (χ0n) is 18.7. The highest BCUT2D eigenvalue weighted by atomic mass is 35.5.